The van der Waals surface area contributed by atoms with Crippen LogP contribution in [0.15, 0.2) is 18.2 Å². The summed E-state index contributed by atoms with van der Waals surface area (Å²) in [5.41, 5.74) is 0.535. The molecule has 0 atom stereocenters. The summed E-state index contributed by atoms with van der Waals surface area (Å²) in [5.74, 6) is 1.19. The number of para-hydroxylation sites is 1. The highest BCUT2D eigenvalue weighted by Gasteiger charge is 2.19. The number of aldehydes is 1. The Kier molecular flexibility index (Phi) is 4.59. The molecular formula is C14H18O4. The lowest BCUT2D eigenvalue weighted by atomic mass is 10.1. The second-order valence-electron chi connectivity index (χ2n) is 4.15. The van der Waals surface area contributed by atoms with Crippen LogP contribution in [-0.2, 0) is 4.74 Å². The van der Waals surface area contributed by atoms with Gasteiger partial charge in [0.15, 0.2) is 17.8 Å². The molecule has 2 rings (SSSR count). The summed E-state index contributed by atoms with van der Waals surface area (Å²) in [5, 5.41) is 0. The first-order valence-corrected chi connectivity index (χ1v) is 6.30. The van der Waals surface area contributed by atoms with Crippen LogP contribution in [0, 0.1) is 0 Å². The van der Waals surface area contributed by atoms with E-state index >= 15 is 0 Å². The zero-order valence-electron chi connectivity index (χ0n) is 10.6. The van der Waals surface area contributed by atoms with Gasteiger partial charge in [0.05, 0.1) is 25.4 Å². The zero-order chi connectivity index (χ0) is 12.8. The predicted octanol–water partition coefficient (Wildman–Crippen LogP) is 2.46. The summed E-state index contributed by atoms with van der Waals surface area (Å²) in [6.45, 7) is 3.87. The topological polar surface area (TPSA) is 44.8 Å². The molecule has 18 heavy (non-hydrogen) atoms. The third-order valence-electron chi connectivity index (χ3n) is 2.89. The molecule has 1 heterocycles. The molecule has 0 spiro atoms. The van der Waals surface area contributed by atoms with Crippen molar-refractivity contribution in [2.24, 2.45) is 0 Å². The average Bonchev–Trinajstić information content (AvgIpc) is 2.42. The molecule has 0 aliphatic carbocycles. The van der Waals surface area contributed by atoms with E-state index < -0.39 is 0 Å². The molecular weight excluding hydrogens is 232 g/mol. The van der Waals surface area contributed by atoms with Gasteiger partial charge in [-0.2, -0.15) is 0 Å². The van der Waals surface area contributed by atoms with Crippen LogP contribution in [0.2, 0.25) is 0 Å². The number of hydrogen-bond donors (Lipinski definition) is 0. The Morgan fingerprint density at radius 1 is 1.39 bits per heavy atom. The van der Waals surface area contributed by atoms with Gasteiger partial charge >= 0.3 is 0 Å². The fourth-order valence-electron chi connectivity index (χ4n) is 1.98. The van der Waals surface area contributed by atoms with Gasteiger partial charge in [-0.3, -0.25) is 4.79 Å². The van der Waals surface area contributed by atoms with Crippen molar-refractivity contribution in [3.63, 3.8) is 0 Å². The second-order valence-corrected chi connectivity index (χ2v) is 4.15. The molecule has 1 aromatic carbocycles. The van der Waals surface area contributed by atoms with Crippen molar-refractivity contribution in [1.82, 2.24) is 0 Å². The lowest BCUT2D eigenvalue weighted by Crippen LogP contribution is -2.26. The fraction of sp³-hybridized carbons (Fsp3) is 0.500. The summed E-state index contributed by atoms with van der Waals surface area (Å²) in [6.07, 6.45) is 2.59. The standard InChI is InChI=1S/C14H18O4/c1-2-17-13-5-3-4-11(10-15)14(13)18-12-6-8-16-9-7-12/h3-5,10,12H,2,6-9H2,1H3. The minimum atomic E-state index is 0.0963. The third kappa shape index (κ3) is 3.01. The summed E-state index contributed by atoms with van der Waals surface area (Å²) < 4.78 is 16.7. The van der Waals surface area contributed by atoms with E-state index in [1.54, 1.807) is 12.1 Å². The lowest BCUT2D eigenvalue weighted by molar-refractivity contribution is 0.0241. The number of carbonyl (C=O) groups excluding carboxylic acids is 1. The van der Waals surface area contributed by atoms with Crippen molar-refractivity contribution in [2.45, 2.75) is 25.9 Å². The highest BCUT2D eigenvalue weighted by atomic mass is 16.5. The predicted molar refractivity (Wildman–Crippen MR) is 67.5 cm³/mol. The number of rotatable bonds is 5. The van der Waals surface area contributed by atoms with Gasteiger partial charge in [0.2, 0.25) is 0 Å². The van der Waals surface area contributed by atoms with E-state index in [9.17, 15) is 4.79 Å². The molecule has 98 valence electrons. The number of benzene rings is 1. The van der Waals surface area contributed by atoms with Gasteiger partial charge in [0.1, 0.15) is 6.10 Å². The van der Waals surface area contributed by atoms with Crippen molar-refractivity contribution >= 4 is 6.29 Å². The van der Waals surface area contributed by atoms with Gasteiger partial charge in [0, 0.05) is 12.8 Å². The lowest BCUT2D eigenvalue weighted by Gasteiger charge is -2.25. The molecule has 1 fully saturated rings. The van der Waals surface area contributed by atoms with Gasteiger partial charge in [-0.15, -0.1) is 0 Å². The molecule has 0 N–H and O–H groups in total. The summed E-state index contributed by atoms with van der Waals surface area (Å²) in [6, 6.07) is 5.36. The van der Waals surface area contributed by atoms with Gasteiger partial charge in [0.25, 0.3) is 0 Å². The van der Waals surface area contributed by atoms with Crippen molar-refractivity contribution in [2.75, 3.05) is 19.8 Å². The van der Waals surface area contributed by atoms with Crippen molar-refractivity contribution in [3.05, 3.63) is 23.8 Å². The highest BCUT2D eigenvalue weighted by Crippen LogP contribution is 2.32. The average molecular weight is 250 g/mol. The van der Waals surface area contributed by atoms with Crippen LogP contribution in [-0.4, -0.2) is 32.2 Å². The molecule has 4 nitrogen and oxygen atoms in total. The normalized spacial score (nSPS) is 16.3. The van der Waals surface area contributed by atoms with Crippen LogP contribution >= 0.6 is 0 Å². The maximum atomic E-state index is 11.1. The Morgan fingerprint density at radius 2 is 2.17 bits per heavy atom. The summed E-state index contributed by atoms with van der Waals surface area (Å²) in [7, 11) is 0. The quantitative estimate of drug-likeness (QED) is 0.753. The summed E-state index contributed by atoms with van der Waals surface area (Å²) in [4.78, 5) is 11.1. The largest absolute Gasteiger partial charge is 0.490 e. The molecule has 0 saturated carbocycles. The molecule has 0 aromatic heterocycles. The van der Waals surface area contributed by atoms with Gasteiger partial charge in [-0.25, -0.2) is 0 Å². The molecule has 1 aliphatic heterocycles. The highest BCUT2D eigenvalue weighted by molar-refractivity contribution is 5.81. The van der Waals surface area contributed by atoms with Crippen LogP contribution in [0.4, 0.5) is 0 Å². The second kappa shape index (κ2) is 6.40. The Labute approximate surface area is 107 Å². The van der Waals surface area contributed by atoms with E-state index in [1.807, 2.05) is 13.0 Å². The van der Waals surface area contributed by atoms with Crippen LogP contribution in [0.5, 0.6) is 11.5 Å². The number of hydrogen-bond acceptors (Lipinski definition) is 4. The molecule has 0 amide bonds. The zero-order valence-corrected chi connectivity index (χ0v) is 10.6. The van der Waals surface area contributed by atoms with E-state index in [-0.39, 0.29) is 6.10 Å². The molecule has 1 aliphatic rings. The molecule has 0 radical (unpaired) electrons. The SMILES string of the molecule is CCOc1cccc(C=O)c1OC1CCOCC1. The van der Waals surface area contributed by atoms with Gasteiger partial charge < -0.3 is 14.2 Å². The van der Waals surface area contributed by atoms with E-state index in [0.717, 1.165) is 19.1 Å². The van der Waals surface area contributed by atoms with Gasteiger partial charge in [-0.05, 0) is 19.1 Å². The Morgan fingerprint density at radius 3 is 2.83 bits per heavy atom. The first-order valence-electron chi connectivity index (χ1n) is 6.30. The third-order valence-corrected chi connectivity index (χ3v) is 2.89. The Balaban J connectivity index is 2.19. The molecule has 1 saturated heterocycles. The minimum Gasteiger partial charge on any atom is -0.490 e. The van der Waals surface area contributed by atoms with Crippen LogP contribution in [0.3, 0.4) is 0 Å². The Hall–Kier alpha value is -1.55. The van der Waals surface area contributed by atoms with Crippen LogP contribution in [0.1, 0.15) is 30.1 Å². The molecule has 0 unspecified atom stereocenters. The maximum Gasteiger partial charge on any atom is 0.172 e. The molecule has 4 heteroatoms. The van der Waals surface area contributed by atoms with E-state index in [0.29, 0.717) is 36.9 Å². The first-order chi connectivity index (χ1) is 8.85. The maximum absolute atomic E-state index is 11.1. The molecule has 1 aromatic rings. The fourth-order valence-corrected chi connectivity index (χ4v) is 1.98. The van der Waals surface area contributed by atoms with E-state index in [1.165, 1.54) is 0 Å². The molecule has 0 bridgehead atoms. The van der Waals surface area contributed by atoms with Crippen LogP contribution in [0.25, 0.3) is 0 Å². The van der Waals surface area contributed by atoms with Crippen molar-refractivity contribution < 1.29 is 19.0 Å². The minimum absolute atomic E-state index is 0.0963. The van der Waals surface area contributed by atoms with Gasteiger partial charge in [-0.1, -0.05) is 6.07 Å². The smallest absolute Gasteiger partial charge is 0.172 e. The van der Waals surface area contributed by atoms with E-state index in [4.69, 9.17) is 14.2 Å². The first kappa shape index (κ1) is 12.9. The monoisotopic (exact) mass is 250 g/mol. The van der Waals surface area contributed by atoms with Crippen molar-refractivity contribution in [3.8, 4) is 11.5 Å². The Bertz CT molecular complexity index is 397. The van der Waals surface area contributed by atoms with Crippen molar-refractivity contribution in [1.29, 1.82) is 0 Å². The van der Waals surface area contributed by atoms with E-state index in [2.05, 4.69) is 0 Å². The van der Waals surface area contributed by atoms with Crippen LogP contribution < -0.4 is 9.47 Å². The number of ether oxygens (including phenoxy) is 3. The summed E-state index contributed by atoms with van der Waals surface area (Å²) >= 11 is 0. The number of carbonyl (C=O) groups is 1.